The van der Waals surface area contributed by atoms with Crippen LogP contribution in [0.1, 0.15) is 32.4 Å². The molecule has 0 aliphatic heterocycles. The van der Waals surface area contributed by atoms with Crippen LogP contribution >= 0.6 is 0 Å². The van der Waals surface area contributed by atoms with Crippen molar-refractivity contribution in [3.8, 4) is 0 Å². The van der Waals surface area contributed by atoms with Gasteiger partial charge in [0, 0.05) is 5.56 Å². The summed E-state index contributed by atoms with van der Waals surface area (Å²) in [7, 11) is 0. The van der Waals surface area contributed by atoms with Gasteiger partial charge in [-0.15, -0.1) is 0 Å². The first-order valence-electron chi connectivity index (χ1n) is 6.90. The lowest BCUT2D eigenvalue weighted by Crippen LogP contribution is -2.25. The summed E-state index contributed by atoms with van der Waals surface area (Å²) in [5, 5.41) is 2.13. The largest absolute Gasteiger partial charge is 0.509 e. The Morgan fingerprint density at radius 3 is 2.48 bits per heavy atom. The predicted molar refractivity (Wildman–Crippen MR) is 84.2 cm³/mol. The van der Waals surface area contributed by atoms with Gasteiger partial charge in [0.25, 0.3) is 0 Å². The van der Waals surface area contributed by atoms with Gasteiger partial charge in [-0.05, 0) is 37.6 Å². The van der Waals surface area contributed by atoms with E-state index in [2.05, 4.69) is 6.58 Å². The van der Waals surface area contributed by atoms with E-state index in [1.807, 2.05) is 42.5 Å². The van der Waals surface area contributed by atoms with Gasteiger partial charge in [0.2, 0.25) is 0 Å². The zero-order valence-electron chi connectivity index (χ0n) is 12.6. The highest BCUT2D eigenvalue weighted by molar-refractivity contribution is 5.86. The highest BCUT2D eigenvalue weighted by Crippen LogP contribution is 2.28. The Balaban J connectivity index is 2.28. The fourth-order valence-corrected chi connectivity index (χ4v) is 2.11. The van der Waals surface area contributed by atoms with Gasteiger partial charge in [0.15, 0.2) is 0 Å². The van der Waals surface area contributed by atoms with E-state index in [1.54, 1.807) is 26.8 Å². The second-order valence-electron chi connectivity index (χ2n) is 5.81. The molecule has 2 aromatic rings. The van der Waals surface area contributed by atoms with E-state index < -0.39 is 17.9 Å². The van der Waals surface area contributed by atoms with Crippen LogP contribution < -0.4 is 0 Å². The lowest BCUT2D eigenvalue weighted by molar-refractivity contribution is -0.0185. The van der Waals surface area contributed by atoms with Crippen LogP contribution in [-0.4, -0.2) is 11.8 Å². The normalized spacial score (nSPS) is 12.7. The number of hydrogen-bond acceptors (Lipinski definition) is 3. The summed E-state index contributed by atoms with van der Waals surface area (Å²) in [6.45, 7) is 9.16. The average molecular weight is 284 g/mol. The molecule has 3 heteroatoms. The first kappa shape index (κ1) is 15.1. The highest BCUT2D eigenvalue weighted by Gasteiger charge is 2.21. The van der Waals surface area contributed by atoms with Crippen molar-refractivity contribution in [3.63, 3.8) is 0 Å². The molecule has 0 bridgehead atoms. The Morgan fingerprint density at radius 2 is 1.81 bits per heavy atom. The van der Waals surface area contributed by atoms with Gasteiger partial charge in [-0.1, -0.05) is 49.0 Å². The van der Waals surface area contributed by atoms with Crippen LogP contribution in [0.4, 0.5) is 4.79 Å². The average Bonchev–Trinajstić information content (AvgIpc) is 2.42. The van der Waals surface area contributed by atoms with Crippen LogP contribution in [0.2, 0.25) is 0 Å². The molecule has 0 N–H and O–H groups in total. The van der Waals surface area contributed by atoms with E-state index >= 15 is 0 Å². The second kappa shape index (κ2) is 6.00. The lowest BCUT2D eigenvalue weighted by atomic mass is 10.0. The highest BCUT2D eigenvalue weighted by atomic mass is 16.7. The molecule has 0 heterocycles. The molecule has 21 heavy (non-hydrogen) atoms. The molecular weight excluding hydrogens is 264 g/mol. The number of hydrogen-bond donors (Lipinski definition) is 0. The molecule has 0 fully saturated rings. The molecule has 1 atom stereocenters. The summed E-state index contributed by atoms with van der Waals surface area (Å²) < 4.78 is 10.6. The number of ether oxygens (including phenoxy) is 2. The second-order valence-corrected chi connectivity index (χ2v) is 5.81. The van der Waals surface area contributed by atoms with Gasteiger partial charge in [0.05, 0.1) is 0 Å². The molecule has 2 aromatic carbocycles. The van der Waals surface area contributed by atoms with Gasteiger partial charge in [-0.3, -0.25) is 0 Å². The van der Waals surface area contributed by atoms with Gasteiger partial charge in [-0.25, -0.2) is 4.79 Å². The third-order valence-corrected chi connectivity index (χ3v) is 2.96. The summed E-state index contributed by atoms with van der Waals surface area (Å²) in [6, 6.07) is 13.8. The molecule has 110 valence electrons. The van der Waals surface area contributed by atoms with Crippen molar-refractivity contribution in [1.29, 1.82) is 0 Å². The summed E-state index contributed by atoms with van der Waals surface area (Å²) in [5.41, 5.74) is 0.315. The number of carbonyl (C=O) groups excluding carboxylic acids is 1. The van der Waals surface area contributed by atoms with Crippen molar-refractivity contribution in [3.05, 3.63) is 60.7 Å². The minimum absolute atomic E-state index is 0.536. The van der Waals surface area contributed by atoms with Gasteiger partial charge in [0.1, 0.15) is 11.7 Å². The summed E-state index contributed by atoms with van der Waals surface area (Å²) in [5.74, 6) is 0. The van der Waals surface area contributed by atoms with Gasteiger partial charge < -0.3 is 9.47 Å². The van der Waals surface area contributed by atoms with Crippen LogP contribution in [0.25, 0.3) is 10.8 Å². The monoisotopic (exact) mass is 284 g/mol. The van der Waals surface area contributed by atoms with Crippen molar-refractivity contribution < 1.29 is 14.3 Å². The van der Waals surface area contributed by atoms with Gasteiger partial charge in [-0.2, -0.15) is 0 Å². The van der Waals surface area contributed by atoms with Crippen LogP contribution in [0.15, 0.2) is 55.1 Å². The fraction of sp³-hybridized carbons (Fsp3) is 0.278. The van der Waals surface area contributed by atoms with Crippen LogP contribution in [0.5, 0.6) is 0 Å². The Hall–Kier alpha value is -2.29. The standard InChI is InChI=1S/C18H20O3/c1-5-16(20-17(19)21-18(2,3)4)15-12-8-10-13-9-6-7-11-14(13)15/h5-12,16H,1H2,2-4H3. The molecule has 0 saturated heterocycles. The van der Waals surface area contributed by atoms with Crippen molar-refractivity contribution in [2.45, 2.75) is 32.5 Å². The zero-order chi connectivity index (χ0) is 15.5. The number of carbonyl (C=O) groups is 1. The molecule has 0 aromatic heterocycles. The van der Waals surface area contributed by atoms with Crippen LogP contribution in [0.3, 0.4) is 0 Å². The van der Waals surface area contributed by atoms with Crippen molar-refractivity contribution in [2.75, 3.05) is 0 Å². The molecule has 3 nitrogen and oxygen atoms in total. The van der Waals surface area contributed by atoms with Gasteiger partial charge >= 0.3 is 6.16 Å². The van der Waals surface area contributed by atoms with Crippen LogP contribution in [0, 0.1) is 0 Å². The molecular formula is C18H20O3. The molecule has 0 saturated carbocycles. The van der Waals surface area contributed by atoms with E-state index in [4.69, 9.17) is 9.47 Å². The number of fused-ring (bicyclic) bond motifs is 1. The molecule has 0 radical (unpaired) electrons. The fourth-order valence-electron chi connectivity index (χ4n) is 2.11. The number of benzene rings is 2. The number of rotatable bonds is 3. The first-order valence-corrected chi connectivity index (χ1v) is 6.90. The Bertz CT molecular complexity index is 648. The summed E-state index contributed by atoms with van der Waals surface area (Å²) in [4.78, 5) is 11.8. The lowest BCUT2D eigenvalue weighted by Gasteiger charge is -2.22. The SMILES string of the molecule is C=CC(OC(=O)OC(C)(C)C)c1cccc2ccccc12. The minimum Gasteiger partial charge on any atom is -0.429 e. The van der Waals surface area contributed by atoms with Crippen molar-refractivity contribution in [2.24, 2.45) is 0 Å². The Morgan fingerprint density at radius 1 is 1.14 bits per heavy atom. The van der Waals surface area contributed by atoms with E-state index in [-0.39, 0.29) is 0 Å². The summed E-state index contributed by atoms with van der Waals surface area (Å²) in [6.07, 6.45) is 0.373. The molecule has 0 aliphatic rings. The maximum Gasteiger partial charge on any atom is 0.509 e. The summed E-state index contributed by atoms with van der Waals surface area (Å²) >= 11 is 0. The van der Waals surface area contributed by atoms with E-state index in [1.165, 1.54) is 0 Å². The Kier molecular flexibility index (Phi) is 4.32. The molecule has 0 spiro atoms. The van der Waals surface area contributed by atoms with Crippen LogP contribution in [-0.2, 0) is 9.47 Å². The van der Waals surface area contributed by atoms with E-state index in [0.29, 0.717) is 0 Å². The maximum absolute atomic E-state index is 11.8. The zero-order valence-corrected chi connectivity index (χ0v) is 12.6. The topological polar surface area (TPSA) is 35.5 Å². The molecule has 1 unspecified atom stereocenters. The van der Waals surface area contributed by atoms with Crippen molar-refractivity contribution >= 4 is 16.9 Å². The van der Waals surface area contributed by atoms with Crippen molar-refractivity contribution in [1.82, 2.24) is 0 Å². The third kappa shape index (κ3) is 3.85. The molecule has 0 aliphatic carbocycles. The predicted octanol–water partition coefficient (Wildman–Crippen LogP) is 5.02. The smallest absolute Gasteiger partial charge is 0.429 e. The Labute approximate surface area is 125 Å². The van der Waals surface area contributed by atoms with E-state index in [9.17, 15) is 4.79 Å². The van der Waals surface area contributed by atoms with E-state index in [0.717, 1.165) is 16.3 Å². The third-order valence-electron chi connectivity index (χ3n) is 2.96. The molecule has 2 rings (SSSR count). The maximum atomic E-state index is 11.8. The molecule has 0 amide bonds. The quantitative estimate of drug-likeness (QED) is 0.586. The minimum atomic E-state index is -0.694. The first-order chi connectivity index (χ1) is 9.90.